The summed E-state index contributed by atoms with van der Waals surface area (Å²) >= 11 is 0. The maximum atomic E-state index is 3.88. The van der Waals surface area contributed by atoms with Gasteiger partial charge in [0.25, 0.3) is 0 Å². The summed E-state index contributed by atoms with van der Waals surface area (Å²) in [5.74, 6) is 0. The van der Waals surface area contributed by atoms with E-state index in [0.717, 1.165) is 0 Å². The first-order chi connectivity index (χ1) is 7.38. The van der Waals surface area contributed by atoms with Crippen LogP contribution in [0.15, 0.2) is 22.4 Å². The van der Waals surface area contributed by atoms with Crippen LogP contribution in [0.25, 0.3) is 0 Å². The molecule has 1 rings (SSSR count). The molecule has 0 heterocycles. The summed E-state index contributed by atoms with van der Waals surface area (Å²) in [6.07, 6.45) is 2.43. The van der Waals surface area contributed by atoms with Gasteiger partial charge in [0.15, 0.2) is 0 Å². The highest BCUT2D eigenvalue weighted by Gasteiger charge is 2.42. The highest BCUT2D eigenvalue weighted by molar-refractivity contribution is 6.82. The Hall–Kier alpha value is -0.343. The van der Waals surface area contributed by atoms with Crippen LogP contribution in [0.4, 0.5) is 0 Å². The van der Waals surface area contributed by atoms with E-state index in [-0.39, 0.29) is 11.0 Å². The number of allylic oxidation sites excluding steroid dienone is 4. The second-order valence-corrected chi connectivity index (χ2v) is 11.5. The zero-order chi connectivity index (χ0) is 13.6. The summed E-state index contributed by atoms with van der Waals surface area (Å²) in [6.45, 7) is 20.9. The topological polar surface area (TPSA) is 12.0 Å². The van der Waals surface area contributed by atoms with Crippen LogP contribution in [-0.4, -0.2) is 13.8 Å². The molecule has 0 radical (unpaired) electrons. The van der Waals surface area contributed by atoms with E-state index in [1.54, 1.807) is 5.20 Å². The average molecular weight is 251 g/mol. The molecule has 0 atom stereocenters. The minimum Gasteiger partial charge on any atom is -0.329 e. The van der Waals surface area contributed by atoms with Gasteiger partial charge in [-0.25, -0.2) is 0 Å². The minimum absolute atomic E-state index is 0.192. The van der Waals surface area contributed by atoms with Crippen LogP contribution in [0.2, 0.25) is 13.1 Å². The molecule has 1 nitrogen and oxygen atoms in total. The van der Waals surface area contributed by atoms with Crippen molar-refractivity contribution < 1.29 is 0 Å². The Bertz CT molecular complexity index is 378. The highest BCUT2D eigenvalue weighted by atomic mass is 28.3. The summed E-state index contributed by atoms with van der Waals surface area (Å²) in [7, 11) is -1.56. The molecule has 1 aliphatic carbocycles. The molecule has 0 aromatic rings. The molecule has 0 fully saturated rings. The van der Waals surface area contributed by atoms with Crippen LogP contribution < -0.4 is 4.98 Å². The Kier molecular flexibility index (Phi) is 3.55. The Labute approximate surface area is 108 Å². The van der Waals surface area contributed by atoms with Crippen LogP contribution >= 0.6 is 0 Å². The molecule has 0 unspecified atom stereocenters. The van der Waals surface area contributed by atoms with Crippen molar-refractivity contribution in [1.29, 1.82) is 0 Å². The molecule has 0 aliphatic heterocycles. The van der Waals surface area contributed by atoms with E-state index in [1.165, 1.54) is 11.1 Å². The van der Waals surface area contributed by atoms with Gasteiger partial charge in [-0.2, -0.15) is 0 Å². The lowest BCUT2D eigenvalue weighted by molar-refractivity contribution is 0.503. The first-order valence-electron chi connectivity index (χ1n) is 6.58. The van der Waals surface area contributed by atoms with Crippen molar-refractivity contribution >= 4 is 8.24 Å². The lowest BCUT2D eigenvalue weighted by atomic mass is 9.87. The molecular formula is C15H29NSi. The predicted molar refractivity (Wildman–Crippen MR) is 80.6 cm³/mol. The van der Waals surface area contributed by atoms with Crippen molar-refractivity contribution in [2.75, 3.05) is 0 Å². The van der Waals surface area contributed by atoms with Crippen LogP contribution in [0, 0.1) is 5.41 Å². The Morgan fingerprint density at radius 3 is 1.88 bits per heavy atom. The van der Waals surface area contributed by atoms with E-state index in [0.29, 0.717) is 0 Å². The third-order valence-corrected chi connectivity index (χ3v) is 7.42. The molecule has 17 heavy (non-hydrogen) atoms. The fourth-order valence-electron chi connectivity index (χ4n) is 3.17. The normalized spacial score (nSPS) is 20.9. The third-order valence-electron chi connectivity index (χ3n) is 3.92. The molecule has 2 heteroatoms. The molecule has 0 spiro atoms. The van der Waals surface area contributed by atoms with Gasteiger partial charge < -0.3 is 4.98 Å². The zero-order valence-electron chi connectivity index (χ0n) is 13.1. The van der Waals surface area contributed by atoms with Crippen molar-refractivity contribution in [3.8, 4) is 0 Å². The SMILES string of the molecule is CC1=C(C)C(C)(C)C([Si](C)(C)NC(C)(C)C)=C1. The Balaban J connectivity index is 3.08. The number of hydrogen-bond donors (Lipinski definition) is 1. The minimum atomic E-state index is -1.56. The Morgan fingerprint density at radius 1 is 1.12 bits per heavy atom. The summed E-state index contributed by atoms with van der Waals surface area (Å²) in [5.41, 5.74) is 3.42. The lowest BCUT2D eigenvalue weighted by Gasteiger charge is -2.40. The monoisotopic (exact) mass is 251 g/mol. The summed E-state index contributed by atoms with van der Waals surface area (Å²) in [5, 5.41) is 1.63. The average Bonchev–Trinajstić information content (AvgIpc) is 2.25. The fourth-order valence-corrected chi connectivity index (χ4v) is 7.50. The quantitative estimate of drug-likeness (QED) is 0.716. The smallest absolute Gasteiger partial charge is 0.148 e. The van der Waals surface area contributed by atoms with Gasteiger partial charge in [0, 0.05) is 11.0 Å². The van der Waals surface area contributed by atoms with Crippen LogP contribution in [0.5, 0.6) is 0 Å². The maximum absolute atomic E-state index is 3.88. The van der Waals surface area contributed by atoms with E-state index < -0.39 is 8.24 Å². The van der Waals surface area contributed by atoms with Gasteiger partial charge in [0.2, 0.25) is 0 Å². The van der Waals surface area contributed by atoms with E-state index in [4.69, 9.17) is 0 Å². The maximum Gasteiger partial charge on any atom is 0.148 e. The molecule has 0 aromatic carbocycles. The molecule has 0 saturated heterocycles. The zero-order valence-corrected chi connectivity index (χ0v) is 14.1. The predicted octanol–water partition coefficient (Wildman–Crippen LogP) is 4.42. The molecule has 0 bridgehead atoms. The largest absolute Gasteiger partial charge is 0.329 e. The highest BCUT2D eigenvalue weighted by Crippen LogP contribution is 2.45. The number of hydrogen-bond acceptors (Lipinski definition) is 1. The van der Waals surface area contributed by atoms with E-state index in [2.05, 4.69) is 72.6 Å². The second kappa shape index (κ2) is 4.10. The van der Waals surface area contributed by atoms with E-state index in [1.807, 2.05) is 0 Å². The van der Waals surface area contributed by atoms with Crippen LogP contribution in [-0.2, 0) is 0 Å². The van der Waals surface area contributed by atoms with Crippen molar-refractivity contribution in [3.05, 3.63) is 22.4 Å². The molecule has 0 aromatic heterocycles. The van der Waals surface area contributed by atoms with Crippen molar-refractivity contribution in [3.63, 3.8) is 0 Å². The van der Waals surface area contributed by atoms with Crippen LogP contribution in [0.1, 0.15) is 48.5 Å². The van der Waals surface area contributed by atoms with Gasteiger partial charge in [-0.15, -0.1) is 0 Å². The van der Waals surface area contributed by atoms with Gasteiger partial charge >= 0.3 is 0 Å². The van der Waals surface area contributed by atoms with Crippen molar-refractivity contribution in [2.45, 2.75) is 67.1 Å². The molecule has 98 valence electrons. The third kappa shape index (κ3) is 2.91. The number of rotatable bonds is 2. The van der Waals surface area contributed by atoms with E-state index in [9.17, 15) is 0 Å². The van der Waals surface area contributed by atoms with Crippen molar-refractivity contribution in [2.24, 2.45) is 5.41 Å². The molecule has 0 saturated carbocycles. The lowest BCUT2D eigenvalue weighted by Crippen LogP contribution is -2.57. The van der Waals surface area contributed by atoms with Gasteiger partial charge in [0.05, 0.1) is 0 Å². The molecule has 1 N–H and O–H groups in total. The van der Waals surface area contributed by atoms with E-state index >= 15 is 0 Å². The number of nitrogens with one attached hydrogen (secondary N) is 1. The molecule has 0 amide bonds. The Morgan fingerprint density at radius 2 is 1.59 bits per heavy atom. The van der Waals surface area contributed by atoms with Gasteiger partial charge in [0.1, 0.15) is 8.24 Å². The summed E-state index contributed by atoms with van der Waals surface area (Å²) in [4.78, 5) is 3.88. The first kappa shape index (κ1) is 14.7. The molecule has 1 aliphatic rings. The van der Waals surface area contributed by atoms with Crippen molar-refractivity contribution in [1.82, 2.24) is 4.98 Å². The van der Waals surface area contributed by atoms with Gasteiger partial charge in [-0.05, 0) is 34.6 Å². The van der Waals surface area contributed by atoms with Crippen LogP contribution in [0.3, 0.4) is 0 Å². The summed E-state index contributed by atoms with van der Waals surface area (Å²) < 4.78 is 0. The van der Waals surface area contributed by atoms with Gasteiger partial charge in [-0.1, -0.05) is 49.4 Å². The second-order valence-electron chi connectivity index (χ2n) is 7.49. The standard InChI is InChI=1S/C15H29NSi/c1-11-10-13(15(6,7)12(11)2)17(8,9)16-14(3,4)5/h10,16H,1-9H3. The first-order valence-corrected chi connectivity index (χ1v) is 9.58. The molecular weight excluding hydrogens is 222 g/mol. The van der Waals surface area contributed by atoms with Gasteiger partial charge in [-0.3, -0.25) is 0 Å². The summed E-state index contributed by atoms with van der Waals surface area (Å²) in [6, 6.07) is 0. The fraction of sp³-hybridized carbons (Fsp3) is 0.733.